The number of hydrogen-bond acceptors (Lipinski definition) is 9. The number of ketones is 1. The number of hydrogen-bond donors (Lipinski definition) is 0. The lowest BCUT2D eigenvalue weighted by atomic mass is 9.43. The fourth-order valence-electron chi connectivity index (χ4n) is 7.10. The number of furan rings is 1. The van der Waals surface area contributed by atoms with Gasteiger partial charge in [-0.3, -0.25) is 18.6 Å². The van der Waals surface area contributed by atoms with Crippen LogP contribution in [0.3, 0.4) is 0 Å². The number of Topliss-reactive ketones (excluding diaryl/α,β-unsaturated/α-hetero) is 1. The van der Waals surface area contributed by atoms with Crippen molar-refractivity contribution in [1.82, 2.24) is 0 Å². The van der Waals surface area contributed by atoms with Crippen LogP contribution in [0.2, 0.25) is 0 Å². The first-order valence-corrected chi connectivity index (χ1v) is 14.6. The predicted molar refractivity (Wildman–Crippen MR) is 136 cm³/mol. The van der Waals surface area contributed by atoms with E-state index < -0.39 is 68.6 Å². The SMILES string of the molecule is COC(=O)[C@@H]1C[C@H](OS(=O)(=O)c2ccccc2Br)C(=O)[C@@H]2[C@@]3(C)C[C@@H](c4ccoc4)OC(=O)[C@H]3CC[C@]21C. The maximum Gasteiger partial charge on any atom is 0.310 e. The van der Waals surface area contributed by atoms with Gasteiger partial charge in [0.25, 0.3) is 10.1 Å². The Morgan fingerprint density at radius 2 is 1.87 bits per heavy atom. The molecule has 1 aromatic carbocycles. The molecule has 0 radical (unpaired) electrons. The van der Waals surface area contributed by atoms with Crippen molar-refractivity contribution in [2.75, 3.05) is 7.11 Å². The number of esters is 2. The van der Waals surface area contributed by atoms with E-state index in [0.717, 1.165) is 0 Å². The Labute approximate surface area is 229 Å². The lowest BCUT2D eigenvalue weighted by molar-refractivity contribution is -0.206. The van der Waals surface area contributed by atoms with E-state index >= 15 is 0 Å². The molecule has 38 heavy (non-hydrogen) atoms. The van der Waals surface area contributed by atoms with Gasteiger partial charge in [0.1, 0.15) is 17.1 Å². The van der Waals surface area contributed by atoms with Gasteiger partial charge in [-0.2, -0.15) is 8.42 Å². The second-order valence-corrected chi connectivity index (χ2v) is 13.3. The molecule has 3 aliphatic rings. The molecule has 2 heterocycles. The van der Waals surface area contributed by atoms with Gasteiger partial charge in [0.05, 0.1) is 31.5 Å². The number of rotatable bonds is 5. The molecule has 204 valence electrons. The molecule has 3 fully saturated rings. The summed E-state index contributed by atoms with van der Waals surface area (Å²) in [6.45, 7) is 3.73. The summed E-state index contributed by atoms with van der Waals surface area (Å²) in [5, 5.41) is 0. The minimum Gasteiger partial charge on any atom is -0.472 e. The Balaban J connectivity index is 1.58. The Kier molecular flexibility index (Phi) is 6.84. The predicted octanol–water partition coefficient (Wildman–Crippen LogP) is 4.61. The summed E-state index contributed by atoms with van der Waals surface area (Å²) < 4.78 is 48.5. The van der Waals surface area contributed by atoms with E-state index in [1.165, 1.54) is 25.7 Å². The summed E-state index contributed by atoms with van der Waals surface area (Å²) in [5.41, 5.74) is -1.13. The molecule has 11 heteroatoms. The minimum absolute atomic E-state index is 0.121. The van der Waals surface area contributed by atoms with Crippen LogP contribution in [0.1, 0.15) is 51.2 Å². The molecule has 7 atom stereocenters. The Morgan fingerprint density at radius 3 is 2.53 bits per heavy atom. The van der Waals surface area contributed by atoms with Crippen molar-refractivity contribution in [1.29, 1.82) is 0 Å². The number of methoxy groups -OCH3 is 1. The van der Waals surface area contributed by atoms with Crippen molar-refractivity contribution in [2.45, 2.75) is 56.6 Å². The van der Waals surface area contributed by atoms with Gasteiger partial charge in [-0.1, -0.05) is 26.0 Å². The molecule has 0 unspecified atom stereocenters. The zero-order valence-electron chi connectivity index (χ0n) is 21.2. The molecule has 0 spiro atoms. The highest BCUT2D eigenvalue weighted by Gasteiger charge is 2.67. The standard InChI is InChI=1S/C27H29BrO9S/c1-26-10-8-16-25(31)36-20(15-9-11-35-14-15)13-27(16,2)23(26)22(29)19(12-17(26)24(30)34-3)37-38(32,33)21-7-5-4-6-18(21)28/h4-7,9,11,14,16-17,19-20,23H,8,10,12-13H2,1-3H3/t16-,17+,19+,20+,23+,26+,27+/m1/s1. The third-order valence-electron chi connectivity index (χ3n) is 8.85. The number of cyclic esters (lactones) is 1. The molecular weight excluding hydrogens is 580 g/mol. The van der Waals surface area contributed by atoms with Crippen LogP contribution in [0.15, 0.2) is 56.6 Å². The summed E-state index contributed by atoms with van der Waals surface area (Å²) in [4.78, 5) is 40.5. The van der Waals surface area contributed by atoms with Gasteiger partial charge in [-0.15, -0.1) is 0 Å². The van der Waals surface area contributed by atoms with Gasteiger partial charge in [0, 0.05) is 16.0 Å². The fourth-order valence-corrected chi connectivity index (χ4v) is 9.11. The van der Waals surface area contributed by atoms with Crippen molar-refractivity contribution in [2.24, 2.45) is 28.6 Å². The quantitative estimate of drug-likeness (QED) is 0.353. The molecule has 2 saturated carbocycles. The third-order valence-corrected chi connectivity index (χ3v) is 11.2. The van der Waals surface area contributed by atoms with Crippen LogP contribution in [0.5, 0.6) is 0 Å². The van der Waals surface area contributed by atoms with Crippen LogP contribution < -0.4 is 0 Å². The minimum atomic E-state index is -4.37. The molecular formula is C27H29BrO9S. The second kappa shape index (κ2) is 9.60. The van der Waals surface area contributed by atoms with E-state index in [1.807, 2.05) is 13.8 Å². The highest BCUT2D eigenvalue weighted by molar-refractivity contribution is 9.10. The van der Waals surface area contributed by atoms with Crippen LogP contribution in [0.25, 0.3) is 0 Å². The zero-order valence-corrected chi connectivity index (χ0v) is 23.6. The summed E-state index contributed by atoms with van der Waals surface area (Å²) in [7, 11) is -3.10. The van der Waals surface area contributed by atoms with Crippen molar-refractivity contribution < 1.29 is 40.9 Å². The Hall–Kier alpha value is -2.50. The maximum atomic E-state index is 14.3. The number of fused-ring (bicyclic) bond motifs is 3. The number of ether oxygens (including phenoxy) is 2. The molecule has 2 aliphatic carbocycles. The molecule has 0 amide bonds. The van der Waals surface area contributed by atoms with Gasteiger partial charge in [-0.05, 0) is 70.6 Å². The molecule has 5 rings (SSSR count). The zero-order chi connectivity index (χ0) is 27.5. The largest absolute Gasteiger partial charge is 0.472 e. The number of carbonyl (C=O) groups is 3. The first-order chi connectivity index (χ1) is 17.9. The Bertz CT molecular complexity index is 1370. The van der Waals surface area contributed by atoms with Gasteiger partial charge in [0.2, 0.25) is 0 Å². The average Bonchev–Trinajstić information content (AvgIpc) is 3.40. The van der Waals surface area contributed by atoms with E-state index in [9.17, 15) is 22.8 Å². The van der Waals surface area contributed by atoms with Crippen LogP contribution in [-0.4, -0.2) is 39.4 Å². The van der Waals surface area contributed by atoms with Crippen LogP contribution in [0, 0.1) is 28.6 Å². The molecule has 1 aliphatic heterocycles. The second-order valence-electron chi connectivity index (χ2n) is 10.9. The molecule has 0 N–H and O–H groups in total. The van der Waals surface area contributed by atoms with E-state index in [0.29, 0.717) is 29.3 Å². The van der Waals surface area contributed by atoms with Crippen LogP contribution in [0.4, 0.5) is 0 Å². The van der Waals surface area contributed by atoms with E-state index in [-0.39, 0.29) is 11.3 Å². The summed E-state index contributed by atoms with van der Waals surface area (Å²) >= 11 is 3.23. The monoisotopic (exact) mass is 608 g/mol. The maximum absolute atomic E-state index is 14.3. The summed E-state index contributed by atoms with van der Waals surface area (Å²) in [6, 6.07) is 7.85. The van der Waals surface area contributed by atoms with Gasteiger partial charge in [-0.25, -0.2) is 0 Å². The van der Waals surface area contributed by atoms with E-state index in [1.54, 1.807) is 24.3 Å². The fraction of sp³-hybridized carbons (Fsp3) is 0.519. The summed E-state index contributed by atoms with van der Waals surface area (Å²) in [6.07, 6.45) is 1.93. The first kappa shape index (κ1) is 27.1. The van der Waals surface area contributed by atoms with E-state index in [4.69, 9.17) is 18.1 Å². The molecule has 2 aromatic rings. The van der Waals surface area contributed by atoms with Crippen LogP contribution in [-0.2, 0) is 38.2 Å². The van der Waals surface area contributed by atoms with Crippen molar-refractivity contribution in [3.63, 3.8) is 0 Å². The van der Waals surface area contributed by atoms with Gasteiger partial charge in [0.15, 0.2) is 5.78 Å². The van der Waals surface area contributed by atoms with Crippen molar-refractivity contribution >= 4 is 43.8 Å². The molecule has 1 aromatic heterocycles. The lowest BCUT2D eigenvalue weighted by Crippen LogP contribution is -2.64. The lowest BCUT2D eigenvalue weighted by Gasteiger charge is -2.61. The van der Waals surface area contributed by atoms with Gasteiger partial charge < -0.3 is 13.9 Å². The molecule has 0 bridgehead atoms. The van der Waals surface area contributed by atoms with E-state index in [2.05, 4.69) is 15.9 Å². The third kappa shape index (κ3) is 4.23. The molecule has 9 nitrogen and oxygen atoms in total. The van der Waals surface area contributed by atoms with Crippen molar-refractivity contribution in [3.8, 4) is 0 Å². The van der Waals surface area contributed by atoms with Crippen molar-refractivity contribution in [3.05, 3.63) is 52.9 Å². The van der Waals surface area contributed by atoms with Gasteiger partial charge >= 0.3 is 11.9 Å². The Morgan fingerprint density at radius 1 is 1.13 bits per heavy atom. The highest BCUT2D eigenvalue weighted by atomic mass is 79.9. The first-order valence-electron chi connectivity index (χ1n) is 12.4. The smallest absolute Gasteiger partial charge is 0.310 e. The molecule has 1 saturated heterocycles. The van der Waals surface area contributed by atoms with Crippen LogP contribution >= 0.6 is 15.9 Å². The number of benzene rings is 1. The summed E-state index contributed by atoms with van der Waals surface area (Å²) in [5.74, 6) is -3.64. The highest BCUT2D eigenvalue weighted by Crippen LogP contribution is 2.65. The average molecular weight is 609 g/mol. The topological polar surface area (TPSA) is 126 Å². The normalized spacial score (nSPS) is 35.1. The number of carbonyl (C=O) groups excluding carboxylic acids is 3. The number of halogens is 1.